The van der Waals surface area contributed by atoms with Gasteiger partial charge in [0.15, 0.2) is 12.6 Å². The Labute approximate surface area is 163 Å². The molecule has 0 spiro atoms. The van der Waals surface area contributed by atoms with Gasteiger partial charge in [-0.05, 0) is 18.2 Å². The first-order valence-corrected chi connectivity index (χ1v) is 9.34. The van der Waals surface area contributed by atoms with Crippen LogP contribution in [0.15, 0.2) is 54.6 Å². The van der Waals surface area contributed by atoms with Crippen molar-refractivity contribution in [3.05, 3.63) is 66.0 Å². The maximum atomic E-state index is 13.3. The van der Waals surface area contributed by atoms with E-state index in [4.69, 9.17) is 4.74 Å². The molecule has 28 heavy (non-hydrogen) atoms. The van der Waals surface area contributed by atoms with Crippen molar-refractivity contribution >= 4 is 17.5 Å². The highest BCUT2D eigenvalue weighted by molar-refractivity contribution is 5.91. The van der Waals surface area contributed by atoms with Crippen LogP contribution in [-0.4, -0.2) is 56.6 Å². The van der Waals surface area contributed by atoms with Crippen LogP contribution < -0.4 is 10.2 Å². The molecule has 0 bridgehead atoms. The number of morpholine rings is 1. The third-order valence-electron chi connectivity index (χ3n) is 4.74. The Hall–Kier alpha value is -2.77. The van der Waals surface area contributed by atoms with Crippen molar-refractivity contribution in [1.82, 2.24) is 4.90 Å². The number of carbonyl (C=O) groups excluding carboxylic acids is 2. The van der Waals surface area contributed by atoms with Crippen LogP contribution in [0.25, 0.3) is 0 Å². The van der Waals surface area contributed by atoms with Crippen LogP contribution in [0.3, 0.4) is 0 Å². The number of nitrogens with zero attached hydrogens (tertiary/aromatic N) is 1. The summed E-state index contributed by atoms with van der Waals surface area (Å²) in [6.45, 7) is 2.21. The number of carbonyl (C=O) groups is 2. The summed E-state index contributed by atoms with van der Waals surface area (Å²) in [6, 6.07) is 14.7. The van der Waals surface area contributed by atoms with Gasteiger partial charge in [0, 0.05) is 24.3 Å². The van der Waals surface area contributed by atoms with E-state index in [1.807, 2.05) is 37.4 Å². The molecule has 2 atom stereocenters. The highest BCUT2D eigenvalue weighted by Crippen LogP contribution is 2.14. The standard InChI is InChI=1S/C21H24FN3O3/c1-24(15-19(26)23-18-9-5-8-17(22)14-18)20(16-6-3-2-4-7-16)21(27)25-10-12-28-13-11-25/h2-9,14,20H,10-13,15H2,1H3,(H,23,26)/p+1/t20-/m1/s1. The molecule has 0 saturated carbocycles. The van der Waals surface area contributed by atoms with Gasteiger partial charge < -0.3 is 19.9 Å². The average molecular weight is 386 g/mol. The number of nitrogens with one attached hydrogen (secondary N) is 2. The summed E-state index contributed by atoms with van der Waals surface area (Å²) in [5.41, 5.74) is 1.25. The van der Waals surface area contributed by atoms with E-state index in [1.54, 1.807) is 11.0 Å². The van der Waals surface area contributed by atoms with E-state index in [0.717, 1.165) is 10.5 Å². The molecule has 1 saturated heterocycles. The van der Waals surface area contributed by atoms with Crippen molar-refractivity contribution in [2.45, 2.75) is 6.04 Å². The van der Waals surface area contributed by atoms with Crippen molar-refractivity contribution in [2.75, 3.05) is 45.2 Å². The lowest BCUT2D eigenvalue weighted by Gasteiger charge is -2.32. The number of hydrogen-bond donors (Lipinski definition) is 2. The molecular weight excluding hydrogens is 361 g/mol. The first kappa shape index (κ1) is 20.0. The lowest BCUT2D eigenvalue weighted by atomic mass is 10.0. The van der Waals surface area contributed by atoms with Gasteiger partial charge >= 0.3 is 0 Å². The lowest BCUT2D eigenvalue weighted by molar-refractivity contribution is -0.894. The van der Waals surface area contributed by atoms with Crippen LogP contribution in [0.1, 0.15) is 11.6 Å². The highest BCUT2D eigenvalue weighted by Gasteiger charge is 2.34. The normalized spacial score (nSPS) is 16.3. The van der Waals surface area contributed by atoms with E-state index >= 15 is 0 Å². The van der Waals surface area contributed by atoms with Crippen LogP contribution in [0.2, 0.25) is 0 Å². The molecule has 2 aromatic carbocycles. The smallest absolute Gasteiger partial charge is 0.285 e. The Morgan fingerprint density at radius 1 is 1.14 bits per heavy atom. The summed E-state index contributed by atoms with van der Waals surface area (Å²) in [5.74, 6) is -0.715. The van der Waals surface area contributed by atoms with Gasteiger partial charge in [0.1, 0.15) is 5.82 Å². The summed E-state index contributed by atoms with van der Waals surface area (Å²) in [4.78, 5) is 28.2. The zero-order chi connectivity index (χ0) is 19.9. The summed E-state index contributed by atoms with van der Waals surface area (Å²) in [5, 5.41) is 2.69. The quantitative estimate of drug-likeness (QED) is 0.775. The largest absolute Gasteiger partial charge is 0.378 e. The topological polar surface area (TPSA) is 63.1 Å². The molecule has 0 radical (unpaired) electrons. The number of halogens is 1. The van der Waals surface area contributed by atoms with E-state index in [9.17, 15) is 14.0 Å². The Morgan fingerprint density at radius 2 is 1.86 bits per heavy atom. The molecule has 0 aliphatic carbocycles. The van der Waals surface area contributed by atoms with E-state index in [-0.39, 0.29) is 18.4 Å². The van der Waals surface area contributed by atoms with Crippen LogP contribution in [0.5, 0.6) is 0 Å². The molecule has 3 rings (SSSR count). The summed E-state index contributed by atoms with van der Waals surface area (Å²) in [7, 11) is 1.82. The first-order valence-electron chi connectivity index (χ1n) is 9.34. The van der Waals surface area contributed by atoms with E-state index in [1.165, 1.54) is 18.2 Å². The maximum Gasteiger partial charge on any atom is 0.285 e. The van der Waals surface area contributed by atoms with Gasteiger partial charge in [0.25, 0.3) is 11.8 Å². The van der Waals surface area contributed by atoms with Crippen molar-refractivity contribution in [1.29, 1.82) is 0 Å². The molecule has 148 valence electrons. The Balaban J connectivity index is 1.73. The number of benzene rings is 2. The monoisotopic (exact) mass is 386 g/mol. The molecule has 7 heteroatoms. The Bertz CT molecular complexity index is 810. The van der Waals surface area contributed by atoms with Gasteiger partial charge in [0.2, 0.25) is 0 Å². The minimum absolute atomic E-state index is 0.0226. The third kappa shape index (κ3) is 5.15. The van der Waals surface area contributed by atoms with Gasteiger partial charge in [0.05, 0.1) is 20.3 Å². The molecule has 2 N–H and O–H groups in total. The van der Waals surface area contributed by atoms with Crippen LogP contribution in [0, 0.1) is 5.82 Å². The molecular formula is C21H25FN3O3+. The van der Waals surface area contributed by atoms with E-state index in [2.05, 4.69) is 5.32 Å². The lowest BCUT2D eigenvalue weighted by Crippen LogP contribution is -3.11. The third-order valence-corrected chi connectivity index (χ3v) is 4.74. The van der Waals surface area contributed by atoms with Crippen LogP contribution in [-0.2, 0) is 14.3 Å². The van der Waals surface area contributed by atoms with Crippen molar-refractivity contribution in [3.63, 3.8) is 0 Å². The Morgan fingerprint density at radius 3 is 2.54 bits per heavy atom. The Kier molecular flexibility index (Phi) is 6.73. The maximum absolute atomic E-state index is 13.3. The summed E-state index contributed by atoms with van der Waals surface area (Å²) in [6.07, 6.45) is 0. The van der Waals surface area contributed by atoms with E-state index < -0.39 is 11.9 Å². The van der Waals surface area contributed by atoms with Gasteiger partial charge in [-0.15, -0.1) is 0 Å². The number of hydrogen-bond acceptors (Lipinski definition) is 3. The molecule has 2 amide bonds. The fourth-order valence-corrected chi connectivity index (χ4v) is 3.38. The molecule has 0 aromatic heterocycles. The molecule has 1 fully saturated rings. The van der Waals surface area contributed by atoms with Gasteiger partial charge in [-0.25, -0.2) is 4.39 Å². The molecule has 1 heterocycles. The number of rotatable bonds is 6. The second-order valence-electron chi connectivity index (χ2n) is 6.86. The number of amides is 2. The average Bonchev–Trinajstić information content (AvgIpc) is 2.69. The molecule has 1 aliphatic heterocycles. The number of ether oxygens (including phenoxy) is 1. The highest BCUT2D eigenvalue weighted by atomic mass is 19.1. The molecule has 1 unspecified atom stereocenters. The van der Waals surface area contributed by atoms with Gasteiger partial charge in [-0.1, -0.05) is 36.4 Å². The zero-order valence-electron chi connectivity index (χ0n) is 15.9. The number of anilines is 1. The first-order chi connectivity index (χ1) is 13.5. The number of likely N-dealkylation sites (N-methyl/N-ethyl adjacent to an activating group) is 1. The fraction of sp³-hybridized carbons (Fsp3) is 0.333. The second kappa shape index (κ2) is 9.43. The zero-order valence-corrected chi connectivity index (χ0v) is 15.9. The summed E-state index contributed by atoms with van der Waals surface area (Å²) >= 11 is 0. The minimum atomic E-state index is -0.502. The van der Waals surface area contributed by atoms with Gasteiger partial charge in [-0.3, -0.25) is 9.59 Å². The van der Waals surface area contributed by atoms with Crippen molar-refractivity contribution in [3.8, 4) is 0 Å². The molecule has 2 aromatic rings. The molecule has 1 aliphatic rings. The van der Waals surface area contributed by atoms with Crippen LogP contribution in [0.4, 0.5) is 10.1 Å². The molecule has 6 nitrogen and oxygen atoms in total. The predicted molar refractivity (Wildman–Crippen MR) is 103 cm³/mol. The van der Waals surface area contributed by atoms with Crippen LogP contribution >= 0.6 is 0 Å². The second-order valence-corrected chi connectivity index (χ2v) is 6.86. The number of quaternary nitrogens is 1. The SMILES string of the molecule is C[NH+](CC(=O)Nc1cccc(F)c1)[C@@H](C(=O)N1CCOCC1)c1ccccc1. The fourth-order valence-electron chi connectivity index (χ4n) is 3.38. The van der Waals surface area contributed by atoms with Gasteiger partial charge in [-0.2, -0.15) is 0 Å². The van der Waals surface area contributed by atoms with Crippen molar-refractivity contribution in [2.24, 2.45) is 0 Å². The van der Waals surface area contributed by atoms with Crippen molar-refractivity contribution < 1.29 is 23.6 Å². The van der Waals surface area contributed by atoms with E-state index in [0.29, 0.717) is 32.0 Å². The predicted octanol–water partition coefficient (Wildman–Crippen LogP) is 0.879. The summed E-state index contributed by atoms with van der Waals surface area (Å²) < 4.78 is 18.7. The minimum Gasteiger partial charge on any atom is -0.378 e.